The van der Waals surface area contributed by atoms with Crippen molar-refractivity contribution in [2.75, 3.05) is 36.3 Å². The van der Waals surface area contributed by atoms with E-state index >= 15 is 0 Å². The van der Waals surface area contributed by atoms with Gasteiger partial charge in [0.25, 0.3) is 0 Å². The maximum absolute atomic E-state index is 13.3. The molecule has 0 unspecified atom stereocenters. The van der Waals surface area contributed by atoms with Gasteiger partial charge in [0, 0.05) is 24.7 Å². The quantitative estimate of drug-likeness (QED) is 0.203. The molecule has 3 N–H and O–H groups in total. The number of nitrogens with one attached hydrogen (secondary N) is 1. The van der Waals surface area contributed by atoms with E-state index in [1.807, 2.05) is 6.07 Å². The van der Waals surface area contributed by atoms with Gasteiger partial charge in [-0.05, 0) is 62.4 Å². The molecule has 0 aromatic heterocycles. The number of esters is 1. The van der Waals surface area contributed by atoms with Crippen LogP contribution in [0.5, 0.6) is 5.75 Å². The SMILES string of the molecule is CCOC(=O)CS(=O)(=O)N(C/C=C/c1cccc(C(=N)N)c1)c1ccc(OC2CCN(C3CCCC3)CC2)c(Cl)c1. The number of nitrogens with two attached hydrogens (primary N) is 1. The summed E-state index contributed by atoms with van der Waals surface area (Å²) in [6.07, 6.45) is 10.5. The average molecular weight is 603 g/mol. The van der Waals surface area contributed by atoms with E-state index in [2.05, 4.69) is 4.90 Å². The number of ether oxygens (including phenoxy) is 2. The Bertz CT molecular complexity index is 1350. The zero-order chi connectivity index (χ0) is 29.4. The Morgan fingerprint density at radius 2 is 1.88 bits per heavy atom. The highest BCUT2D eigenvalue weighted by Crippen LogP contribution is 2.33. The molecule has 9 nitrogen and oxygen atoms in total. The first-order valence-corrected chi connectivity index (χ1v) is 16.1. The van der Waals surface area contributed by atoms with Crippen molar-refractivity contribution in [1.82, 2.24) is 4.90 Å². The lowest BCUT2D eigenvalue weighted by atomic mass is 10.0. The summed E-state index contributed by atoms with van der Waals surface area (Å²) in [6.45, 7) is 3.66. The van der Waals surface area contributed by atoms with Crippen molar-refractivity contribution < 1.29 is 22.7 Å². The first-order chi connectivity index (χ1) is 19.7. The van der Waals surface area contributed by atoms with E-state index in [0.29, 0.717) is 28.1 Å². The Morgan fingerprint density at radius 1 is 1.15 bits per heavy atom. The number of carbonyl (C=O) groups excluding carboxylic acids is 1. The van der Waals surface area contributed by atoms with Crippen LogP contribution in [0.3, 0.4) is 0 Å². The molecule has 1 saturated carbocycles. The number of nitrogens with zero attached hydrogens (tertiary/aromatic N) is 2. The van der Waals surface area contributed by atoms with Crippen LogP contribution >= 0.6 is 11.6 Å². The molecule has 1 saturated heterocycles. The van der Waals surface area contributed by atoms with Gasteiger partial charge in [0.15, 0.2) is 5.75 Å². The number of rotatable bonds is 12. The molecule has 1 aliphatic carbocycles. The van der Waals surface area contributed by atoms with Crippen LogP contribution in [0.15, 0.2) is 48.5 Å². The Hall–Kier alpha value is -3.08. The summed E-state index contributed by atoms with van der Waals surface area (Å²) < 4.78 is 38.9. The number of hydrogen-bond donors (Lipinski definition) is 2. The molecule has 2 aliphatic rings. The maximum atomic E-state index is 13.3. The minimum absolute atomic E-state index is 0.0494. The maximum Gasteiger partial charge on any atom is 0.323 e. The number of carbonyl (C=O) groups is 1. The molecule has 2 aromatic carbocycles. The van der Waals surface area contributed by atoms with E-state index in [1.54, 1.807) is 55.5 Å². The topological polar surface area (TPSA) is 126 Å². The second-order valence-electron chi connectivity index (χ2n) is 10.4. The Kier molecular flexibility index (Phi) is 10.7. The molecule has 1 aliphatic heterocycles. The monoisotopic (exact) mass is 602 g/mol. The summed E-state index contributed by atoms with van der Waals surface area (Å²) in [5, 5.41) is 7.93. The van der Waals surface area contributed by atoms with Crippen molar-refractivity contribution in [2.24, 2.45) is 5.73 Å². The molecule has 0 atom stereocenters. The van der Waals surface area contributed by atoms with Crippen molar-refractivity contribution >= 4 is 45.2 Å². The predicted octanol–water partition coefficient (Wildman–Crippen LogP) is 4.82. The molecule has 2 fully saturated rings. The number of sulfonamides is 1. The fourth-order valence-electron chi connectivity index (χ4n) is 5.45. The summed E-state index contributed by atoms with van der Waals surface area (Å²) in [6, 6.07) is 12.6. The molecule has 0 radical (unpaired) electrons. The molecular formula is C30H39ClN4O5S. The van der Waals surface area contributed by atoms with Crippen molar-refractivity contribution in [3.05, 3.63) is 64.7 Å². The van der Waals surface area contributed by atoms with Gasteiger partial charge in [-0.25, -0.2) is 8.42 Å². The number of anilines is 1. The molecule has 222 valence electrons. The highest BCUT2D eigenvalue weighted by Gasteiger charge is 2.29. The van der Waals surface area contributed by atoms with Gasteiger partial charge < -0.3 is 20.1 Å². The molecule has 4 rings (SSSR count). The lowest BCUT2D eigenvalue weighted by molar-refractivity contribution is -0.139. The molecule has 2 aromatic rings. The minimum atomic E-state index is -4.10. The highest BCUT2D eigenvalue weighted by molar-refractivity contribution is 7.93. The fraction of sp³-hybridized carbons (Fsp3) is 0.467. The van der Waals surface area contributed by atoms with Crippen LogP contribution in [-0.4, -0.2) is 69.3 Å². The summed E-state index contributed by atoms with van der Waals surface area (Å²) in [5.74, 6) is -1.18. The van der Waals surface area contributed by atoms with Gasteiger partial charge in [-0.1, -0.05) is 54.8 Å². The van der Waals surface area contributed by atoms with Gasteiger partial charge in [-0.15, -0.1) is 0 Å². The Labute approximate surface area is 247 Å². The predicted molar refractivity (Wildman–Crippen MR) is 163 cm³/mol. The van der Waals surface area contributed by atoms with Gasteiger partial charge >= 0.3 is 5.97 Å². The number of amidine groups is 1. The van der Waals surface area contributed by atoms with E-state index < -0.39 is 21.7 Å². The molecular weight excluding hydrogens is 564 g/mol. The lowest BCUT2D eigenvalue weighted by Gasteiger charge is -2.36. The number of piperidine rings is 1. The molecule has 11 heteroatoms. The van der Waals surface area contributed by atoms with Crippen LogP contribution in [0.2, 0.25) is 5.02 Å². The normalized spacial score (nSPS) is 17.1. The number of hydrogen-bond acceptors (Lipinski definition) is 7. The largest absolute Gasteiger partial charge is 0.489 e. The van der Waals surface area contributed by atoms with E-state index in [4.69, 9.17) is 32.2 Å². The zero-order valence-electron chi connectivity index (χ0n) is 23.4. The smallest absolute Gasteiger partial charge is 0.323 e. The number of likely N-dealkylation sites (tertiary alicyclic amines) is 1. The van der Waals surface area contributed by atoms with Gasteiger partial charge in [-0.3, -0.25) is 14.5 Å². The van der Waals surface area contributed by atoms with Gasteiger partial charge in [0.2, 0.25) is 10.0 Å². The third kappa shape index (κ3) is 8.47. The highest BCUT2D eigenvalue weighted by atomic mass is 35.5. The third-order valence-corrected chi connectivity index (χ3v) is 9.46. The van der Waals surface area contributed by atoms with Gasteiger partial charge in [0.1, 0.15) is 17.7 Å². The first-order valence-electron chi connectivity index (χ1n) is 14.1. The molecule has 0 amide bonds. The number of halogens is 1. The van der Waals surface area contributed by atoms with Crippen molar-refractivity contribution in [2.45, 2.75) is 57.6 Å². The van der Waals surface area contributed by atoms with E-state index in [9.17, 15) is 13.2 Å². The lowest BCUT2D eigenvalue weighted by Crippen LogP contribution is -2.43. The van der Waals surface area contributed by atoms with Gasteiger partial charge in [0.05, 0.1) is 23.9 Å². The van der Waals surface area contributed by atoms with Crippen LogP contribution in [0.4, 0.5) is 5.69 Å². The molecule has 0 bridgehead atoms. The van der Waals surface area contributed by atoms with E-state index in [0.717, 1.165) is 35.8 Å². The molecule has 41 heavy (non-hydrogen) atoms. The van der Waals surface area contributed by atoms with E-state index in [-0.39, 0.29) is 25.1 Å². The van der Waals surface area contributed by atoms with Crippen LogP contribution in [0.25, 0.3) is 6.08 Å². The van der Waals surface area contributed by atoms with Crippen molar-refractivity contribution in [3.63, 3.8) is 0 Å². The summed E-state index contributed by atoms with van der Waals surface area (Å²) in [5.41, 5.74) is 7.21. The summed E-state index contributed by atoms with van der Waals surface area (Å²) >= 11 is 6.61. The minimum Gasteiger partial charge on any atom is -0.489 e. The molecule has 1 heterocycles. The van der Waals surface area contributed by atoms with Crippen molar-refractivity contribution in [3.8, 4) is 5.75 Å². The average Bonchev–Trinajstić information content (AvgIpc) is 3.48. The fourth-order valence-corrected chi connectivity index (χ4v) is 6.96. The van der Waals surface area contributed by atoms with E-state index in [1.165, 1.54) is 25.7 Å². The Morgan fingerprint density at radius 3 is 2.54 bits per heavy atom. The van der Waals surface area contributed by atoms with Crippen molar-refractivity contribution in [1.29, 1.82) is 5.41 Å². The summed E-state index contributed by atoms with van der Waals surface area (Å²) in [4.78, 5) is 14.7. The second kappa shape index (κ2) is 14.2. The van der Waals surface area contributed by atoms with Crippen LogP contribution in [0, 0.1) is 5.41 Å². The first kappa shape index (κ1) is 30.9. The van der Waals surface area contributed by atoms with Gasteiger partial charge in [-0.2, -0.15) is 0 Å². The summed E-state index contributed by atoms with van der Waals surface area (Å²) in [7, 11) is -4.10. The zero-order valence-corrected chi connectivity index (χ0v) is 25.0. The standard InChI is InChI=1S/C30H39ClN4O5S/c1-2-39-29(36)21-41(37,38)35(16-6-8-22-7-5-9-23(19-22)30(32)33)25-12-13-28(27(31)20-25)40-26-14-17-34(18-15-26)24-10-3-4-11-24/h5-9,12-13,19-20,24,26H,2-4,10-11,14-18,21H2,1H3,(H3,32,33)/b8-6+. The second-order valence-corrected chi connectivity index (χ2v) is 12.7. The number of benzene rings is 2. The van der Waals surface area contributed by atoms with Crippen LogP contribution in [-0.2, 0) is 19.6 Å². The van der Waals surface area contributed by atoms with Crippen LogP contribution in [0.1, 0.15) is 56.6 Å². The number of nitrogen functional groups attached to an aromatic ring is 1. The Balaban J connectivity index is 1.48. The van der Waals surface area contributed by atoms with Crippen LogP contribution < -0.4 is 14.8 Å². The third-order valence-electron chi connectivity index (χ3n) is 7.54. The molecule has 0 spiro atoms.